The Labute approximate surface area is 88.4 Å². The third-order valence-corrected chi connectivity index (χ3v) is 3.02. The summed E-state index contributed by atoms with van der Waals surface area (Å²) in [5.41, 5.74) is 0. The topological polar surface area (TPSA) is 21.3 Å². The highest BCUT2D eigenvalue weighted by molar-refractivity contribution is 4.73. The van der Waals surface area contributed by atoms with E-state index >= 15 is 0 Å². The highest BCUT2D eigenvalue weighted by Gasteiger charge is 2.21. The largest absolute Gasteiger partial charge is 0.377 e. The maximum atomic E-state index is 5.79. The molecule has 0 heterocycles. The second-order valence-electron chi connectivity index (χ2n) is 4.55. The minimum Gasteiger partial charge on any atom is -0.377 e. The first kappa shape index (κ1) is 12.0. The van der Waals surface area contributed by atoms with Crippen molar-refractivity contribution in [3.63, 3.8) is 0 Å². The van der Waals surface area contributed by atoms with Crippen LogP contribution in [0.25, 0.3) is 0 Å². The Morgan fingerprint density at radius 3 is 2.64 bits per heavy atom. The summed E-state index contributed by atoms with van der Waals surface area (Å²) < 4.78 is 5.79. The molecule has 1 saturated carbocycles. The van der Waals surface area contributed by atoms with Crippen molar-refractivity contribution in [2.45, 2.75) is 58.6 Å². The van der Waals surface area contributed by atoms with E-state index in [4.69, 9.17) is 4.74 Å². The molecular formula is C12H25NO. The lowest BCUT2D eigenvalue weighted by molar-refractivity contribution is 0.0398. The molecule has 84 valence electrons. The van der Waals surface area contributed by atoms with Gasteiger partial charge < -0.3 is 10.1 Å². The molecule has 0 aliphatic heterocycles. The minimum absolute atomic E-state index is 0.347. The Bertz CT molecular complexity index is 145. The molecule has 2 heteroatoms. The number of hydrogen-bond donors (Lipinski definition) is 1. The Morgan fingerprint density at radius 1 is 1.36 bits per heavy atom. The molecule has 0 amide bonds. The fourth-order valence-corrected chi connectivity index (χ4v) is 1.51. The van der Waals surface area contributed by atoms with Crippen molar-refractivity contribution in [3.8, 4) is 0 Å². The molecule has 0 aromatic carbocycles. The van der Waals surface area contributed by atoms with Crippen LogP contribution in [0.4, 0.5) is 0 Å². The van der Waals surface area contributed by atoms with Gasteiger partial charge in [0.05, 0.1) is 6.10 Å². The molecular weight excluding hydrogens is 174 g/mol. The van der Waals surface area contributed by atoms with E-state index in [1.54, 1.807) is 0 Å². The van der Waals surface area contributed by atoms with Gasteiger partial charge in [0.2, 0.25) is 0 Å². The quantitative estimate of drug-likeness (QED) is 0.649. The fourth-order valence-electron chi connectivity index (χ4n) is 1.51. The third kappa shape index (κ3) is 4.97. The Balaban J connectivity index is 1.97. The van der Waals surface area contributed by atoms with Crippen LogP contribution in [0.15, 0.2) is 0 Å². The highest BCUT2D eigenvalue weighted by Crippen LogP contribution is 2.32. The van der Waals surface area contributed by atoms with Crippen molar-refractivity contribution < 1.29 is 4.74 Å². The number of rotatable bonds is 8. The lowest BCUT2D eigenvalue weighted by Gasteiger charge is -2.21. The number of hydrogen-bond acceptors (Lipinski definition) is 2. The third-order valence-electron chi connectivity index (χ3n) is 3.02. The second-order valence-corrected chi connectivity index (χ2v) is 4.55. The number of nitrogens with one attached hydrogen (secondary N) is 1. The van der Waals surface area contributed by atoms with E-state index < -0.39 is 0 Å². The molecule has 2 nitrogen and oxygen atoms in total. The van der Waals surface area contributed by atoms with Crippen molar-refractivity contribution in [1.82, 2.24) is 5.32 Å². The Hall–Kier alpha value is -0.0800. The van der Waals surface area contributed by atoms with Gasteiger partial charge in [0.15, 0.2) is 0 Å². The standard InChI is InChI=1S/C12H25NO/c1-4-8-13-10(2)11(3)14-9-7-12-5-6-12/h10-13H,4-9H2,1-3H3. The van der Waals surface area contributed by atoms with E-state index in [9.17, 15) is 0 Å². The van der Waals surface area contributed by atoms with Crippen LogP contribution < -0.4 is 5.32 Å². The summed E-state index contributed by atoms with van der Waals surface area (Å²) in [6, 6.07) is 0.481. The number of ether oxygens (including phenoxy) is 1. The summed E-state index contributed by atoms with van der Waals surface area (Å²) in [6.07, 6.45) is 5.67. The van der Waals surface area contributed by atoms with Crippen molar-refractivity contribution in [1.29, 1.82) is 0 Å². The predicted molar refractivity (Wildman–Crippen MR) is 60.5 cm³/mol. The molecule has 0 radical (unpaired) electrons. The van der Waals surface area contributed by atoms with Crippen LogP contribution >= 0.6 is 0 Å². The molecule has 14 heavy (non-hydrogen) atoms. The van der Waals surface area contributed by atoms with Gasteiger partial charge in [-0.05, 0) is 39.2 Å². The van der Waals surface area contributed by atoms with Gasteiger partial charge >= 0.3 is 0 Å². The summed E-state index contributed by atoms with van der Waals surface area (Å²) in [5, 5.41) is 3.46. The maximum absolute atomic E-state index is 5.79. The molecule has 2 atom stereocenters. The molecule has 0 aromatic rings. The first-order valence-electron chi connectivity index (χ1n) is 6.09. The summed E-state index contributed by atoms with van der Waals surface area (Å²) >= 11 is 0. The van der Waals surface area contributed by atoms with Crippen LogP contribution in [0.2, 0.25) is 0 Å². The first-order chi connectivity index (χ1) is 6.74. The van der Waals surface area contributed by atoms with Crippen LogP contribution in [-0.4, -0.2) is 25.3 Å². The molecule has 0 bridgehead atoms. The minimum atomic E-state index is 0.347. The normalized spacial score (nSPS) is 20.8. The molecule has 0 saturated heterocycles. The zero-order valence-electron chi connectivity index (χ0n) is 9.88. The summed E-state index contributed by atoms with van der Waals surface area (Å²) in [5.74, 6) is 0.987. The van der Waals surface area contributed by atoms with E-state index in [1.807, 2.05) is 0 Å². The monoisotopic (exact) mass is 199 g/mol. The lowest BCUT2D eigenvalue weighted by Crippen LogP contribution is -2.37. The van der Waals surface area contributed by atoms with Gasteiger partial charge in [-0.1, -0.05) is 19.8 Å². The zero-order valence-corrected chi connectivity index (χ0v) is 9.88. The van der Waals surface area contributed by atoms with Crippen LogP contribution in [0.3, 0.4) is 0 Å². The van der Waals surface area contributed by atoms with Gasteiger partial charge in [-0.25, -0.2) is 0 Å². The Kier molecular flexibility index (Phi) is 5.49. The van der Waals surface area contributed by atoms with Crippen LogP contribution in [0.1, 0.15) is 46.5 Å². The molecule has 1 aliphatic carbocycles. The molecule has 1 aliphatic rings. The van der Waals surface area contributed by atoms with E-state index in [1.165, 1.54) is 25.7 Å². The molecule has 0 spiro atoms. The summed E-state index contributed by atoms with van der Waals surface area (Å²) in [7, 11) is 0. The van der Waals surface area contributed by atoms with Crippen molar-refractivity contribution >= 4 is 0 Å². The predicted octanol–water partition coefficient (Wildman–Crippen LogP) is 2.58. The molecule has 0 aromatic heterocycles. The fraction of sp³-hybridized carbons (Fsp3) is 1.00. The van der Waals surface area contributed by atoms with Gasteiger partial charge in [-0.15, -0.1) is 0 Å². The maximum Gasteiger partial charge on any atom is 0.0697 e. The van der Waals surface area contributed by atoms with Crippen LogP contribution in [0.5, 0.6) is 0 Å². The molecule has 1 N–H and O–H groups in total. The van der Waals surface area contributed by atoms with Crippen molar-refractivity contribution in [3.05, 3.63) is 0 Å². The molecule has 1 fully saturated rings. The van der Waals surface area contributed by atoms with Gasteiger partial charge in [-0.3, -0.25) is 0 Å². The first-order valence-corrected chi connectivity index (χ1v) is 6.09. The van der Waals surface area contributed by atoms with Crippen LogP contribution in [-0.2, 0) is 4.74 Å². The molecule has 2 unspecified atom stereocenters. The Morgan fingerprint density at radius 2 is 2.07 bits per heavy atom. The van der Waals surface area contributed by atoms with Crippen molar-refractivity contribution in [2.75, 3.05) is 13.2 Å². The highest BCUT2D eigenvalue weighted by atomic mass is 16.5. The lowest BCUT2D eigenvalue weighted by atomic mass is 10.2. The van der Waals surface area contributed by atoms with E-state index in [0.717, 1.165) is 19.1 Å². The van der Waals surface area contributed by atoms with E-state index in [-0.39, 0.29) is 0 Å². The van der Waals surface area contributed by atoms with E-state index in [2.05, 4.69) is 26.1 Å². The van der Waals surface area contributed by atoms with Gasteiger partial charge in [-0.2, -0.15) is 0 Å². The van der Waals surface area contributed by atoms with Gasteiger partial charge in [0.25, 0.3) is 0 Å². The second kappa shape index (κ2) is 6.41. The van der Waals surface area contributed by atoms with E-state index in [0.29, 0.717) is 12.1 Å². The zero-order chi connectivity index (χ0) is 10.4. The summed E-state index contributed by atoms with van der Waals surface area (Å²) in [6.45, 7) is 8.61. The average Bonchev–Trinajstić information content (AvgIpc) is 2.97. The van der Waals surface area contributed by atoms with Crippen molar-refractivity contribution in [2.24, 2.45) is 5.92 Å². The van der Waals surface area contributed by atoms with Gasteiger partial charge in [0.1, 0.15) is 0 Å². The SMILES string of the molecule is CCCNC(C)C(C)OCCC1CC1. The average molecular weight is 199 g/mol. The summed E-state index contributed by atoms with van der Waals surface area (Å²) in [4.78, 5) is 0. The molecule has 1 rings (SSSR count). The van der Waals surface area contributed by atoms with Crippen LogP contribution in [0, 0.1) is 5.92 Å². The van der Waals surface area contributed by atoms with Gasteiger partial charge in [0, 0.05) is 12.6 Å². The smallest absolute Gasteiger partial charge is 0.0697 e.